The molecule has 0 atom stereocenters. The summed E-state index contributed by atoms with van der Waals surface area (Å²) in [6.45, 7) is 1.19. The third kappa shape index (κ3) is 5.24. The van der Waals surface area contributed by atoms with Gasteiger partial charge in [-0.3, -0.25) is 4.79 Å². The third-order valence-corrected chi connectivity index (χ3v) is 3.00. The Hall–Kier alpha value is -2.14. The first-order chi connectivity index (χ1) is 9.63. The molecule has 106 valence electrons. The van der Waals surface area contributed by atoms with Crippen LogP contribution in [-0.4, -0.2) is 30.1 Å². The van der Waals surface area contributed by atoms with Crippen molar-refractivity contribution < 1.29 is 14.7 Å². The van der Waals surface area contributed by atoms with Gasteiger partial charge in [-0.15, -0.1) is 0 Å². The fraction of sp³-hybridized carbons (Fsp3) is 0.333. The Balaban J connectivity index is 1.82. The third-order valence-electron chi connectivity index (χ3n) is 3.00. The molecule has 5 heteroatoms. The number of hydrogen-bond acceptors (Lipinski definition) is 3. The number of benzene rings is 1. The first-order valence-corrected chi connectivity index (χ1v) is 6.65. The fourth-order valence-corrected chi connectivity index (χ4v) is 1.80. The van der Waals surface area contributed by atoms with Crippen molar-refractivity contribution in [3.8, 4) is 0 Å². The smallest absolute Gasteiger partial charge is 0.328 e. The van der Waals surface area contributed by atoms with Crippen LogP contribution in [0.15, 0.2) is 30.3 Å². The summed E-state index contributed by atoms with van der Waals surface area (Å²) in [5.41, 5.74) is 1.40. The number of carbonyl (C=O) groups is 2. The average molecular weight is 274 g/mol. The van der Waals surface area contributed by atoms with E-state index in [0.717, 1.165) is 24.1 Å². The molecule has 0 spiro atoms. The lowest BCUT2D eigenvalue weighted by Crippen LogP contribution is -2.29. The highest BCUT2D eigenvalue weighted by atomic mass is 16.4. The molecule has 1 aliphatic carbocycles. The van der Waals surface area contributed by atoms with Crippen LogP contribution in [0.3, 0.4) is 0 Å². The van der Waals surface area contributed by atoms with Gasteiger partial charge in [0.15, 0.2) is 0 Å². The fourth-order valence-electron chi connectivity index (χ4n) is 1.80. The van der Waals surface area contributed by atoms with E-state index in [0.29, 0.717) is 12.2 Å². The zero-order valence-electron chi connectivity index (χ0n) is 11.1. The molecule has 0 heterocycles. The molecule has 0 aromatic heterocycles. The lowest BCUT2D eigenvalue weighted by molar-refractivity contribution is -0.131. The standard InChI is InChI=1S/C15H18N2O3/c18-14(10-16-9-12-4-5-12)17-13-3-1-2-11(8-13)6-7-15(19)20/h1-3,6-8,12,16H,4-5,9-10H2,(H,17,18)(H,19,20)/b7-6+. The van der Waals surface area contributed by atoms with E-state index in [1.807, 2.05) is 0 Å². The van der Waals surface area contributed by atoms with Crippen molar-refractivity contribution in [3.05, 3.63) is 35.9 Å². The molecule has 1 amide bonds. The lowest BCUT2D eigenvalue weighted by Gasteiger charge is -2.07. The minimum Gasteiger partial charge on any atom is -0.478 e. The molecule has 0 aliphatic heterocycles. The SMILES string of the molecule is O=C(O)/C=C/c1cccc(NC(=O)CNCC2CC2)c1. The van der Waals surface area contributed by atoms with Crippen LogP contribution in [0.25, 0.3) is 6.08 Å². The van der Waals surface area contributed by atoms with Crippen molar-refractivity contribution >= 4 is 23.6 Å². The first-order valence-electron chi connectivity index (χ1n) is 6.65. The number of hydrogen-bond donors (Lipinski definition) is 3. The van der Waals surface area contributed by atoms with Crippen molar-refractivity contribution in [2.75, 3.05) is 18.4 Å². The molecule has 2 rings (SSSR count). The summed E-state index contributed by atoms with van der Waals surface area (Å²) >= 11 is 0. The molecule has 20 heavy (non-hydrogen) atoms. The summed E-state index contributed by atoms with van der Waals surface area (Å²) in [4.78, 5) is 22.2. The van der Waals surface area contributed by atoms with E-state index in [2.05, 4.69) is 10.6 Å². The summed E-state index contributed by atoms with van der Waals surface area (Å²) in [5, 5.41) is 14.5. The molecule has 0 saturated heterocycles. The van der Waals surface area contributed by atoms with Crippen molar-refractivity contribution in [1.82, 2.24) is 5.32 Å². The summed E-state index contributed by atoms with van der Waals surface area (Å²) in [6, 6.07) is 7.06. The largest absolute Gasteiger partial charge is 0.478 e. The molecule has 0 bridgehead atoms. The topological polar surface area (TPSA) is 78.4 Å². The van der Waals surface area contributed by atoms with Crippen molar-refractivity contribution in [1.29, 1.82) is 0 Å². The zero-order chi connectivity index (χ0) is 14.4. The Morgan fingerprint density at radius 1 is 1.35 bits per heavy atom. The number of anilines is 1. The van der Waals surface area contributed by atoms with E-state index in [-0.39, 0.29) is 5.91 Å². The molecule has 0 radical (unpaired) electrons. The van der Waals surface area contributed by atoms with E-state index in [4.69, 9.17) is 5.11 Å². The van der Waals surface area contributed by atoms with Gasteiger partial charge in [0.1, 0.15) is 0 Å². The van der Waals surface area contributed by atoms with Gasteiger partial charge in [-0.2, -0.15) is 0 Å². The molecule has 1 aromatic rings. The lowest BCUT2D eigenvalue weighted by atomic mass is 10.2. The van der Waals surface area contributed by atoms with Crippen LogP contribution in [0.1, 0.15) is 18.4 Å². The Kier molecular flexibility index (Phi) is 4.90. The summed E-state index contributed by atoms with van der Waals surface area (Å²) < 4.78 is 0. The Labute approximate surface area is 117 Å². The summed E-state index contributed by atoms with van der Waals surface area (Å²) in [5.74, 6) is -0.346. The van der Waals surface area contributed by atoms with E-state index in [1.165, 1.54) is 18.9 Å². The van der Waals surface area contributed by atoms with Gasteiger partial charge in [-0.1, -0.05) is 12.1 Å². The molecule has 1 saturated carbocycles. The van der Waals surface area contributed by atoms with E-state index < -0.39 is 5.97 Å². The maximum atomic E-state index is 11.7. The molecule has 3 N–H and O–H groups in total. The van der Waals surface area contributed by atoms with E-state index >= 15 is 0 Å². The molecule has 1 aromatic carbocycles. The average Bonchev–Trinajstić information content (AvgIpc) is 3.21. The van der Waals surface area contributed by atoms with Crippen molar-refractivity contribution in [2.24, 2.45) is 5.92 Å². The first kappa shape index (κ1) is 14.3. The van der Waals surface area contributed by atoms with Gasteiger partial charge in [0, 0.05) is 11.8 Å². The van der Waals surface area contributed by atoms with Crippen molar-refractivity contribution in [2.45, 2.75) is 12.8 Å². The van der Waals surface area contributed by atoms with Gasteiger partial charge < -0.3 is 15.7 Å². The van der Waals surface area contributed by atoms with Gasteiger partial charge in [-0.25, -0.2) is 4.79 Å². The molecule has 0 unspecified atom stereocenters. The number of carboxylic acid groups (broad SMARTS) is 1. The van der Waals surface area contributed by atoms with Crippen LogP contribution in [0.5, 0.6) is 0 Å². The summed E-state index contributed by atoms with van der Waals surface area (Å²) in [6.07, 6.45) is 5.07. The predicted molar refractivity (Wildman–Crippen MR) is 77.3 cm³/mol. The normalized spacial score (nSPS) is 14.4. The van der Waals surface area contributed by atoms with E-state index in [9.17, 15) is 9.59 Å². The number of carboxylic acids is 1. The number of amides is 1. The van der Waals surface area contributed by atoms with Crippen LogP contribution in [0, 0.1) is 5.92 Å². The van der Waals surface area contributed by atoms with Gasteiger partial charge >= 0.3 is 5.97 Å². The second-order valence-corrected chi connectivity index (χ2v) is 4.92. The predicted octanol–water partition coefficient (Wildman–Crippen LogP) is 1.72. The van der Waals surface area contributed by atoms with Crippen LogP contribution >= 0.6 is 0 Å². The highest BCUT2D eigenvalue weighted by molar-refractivity contribution is 5.92. The number of rotatable bonds is 7. The van der Waals surface area contributed by atoms with Crippen LogP contribution in [0.4, 0.5) is 5.69 Å². The van der Waals surface area contributed by atoms with Crippen LogP contribution in [0.2, 0.25) is 0 Å². The quantitative estimate of drug-likeness (QED) is 0.662. The molecular weight excluding hydrogens is 256 g/mol. The Morgan fingerprint density at radius 3 is 2.85 bits per heavy atom. The van der Waals surface area contributed by atoms with Crippen molar-refractivity contribution in [3.63, 3.8) is 0 Å². The number of aliphatic carboxylic acids is 1. The monoisotopic (exact) mass is 274 g/mol. The van der Waals surface area contributed by atoms with E-state index in [1.54, 1.807) is 24.3 Å². The highest BCUT2D eigenvalue weighted by Crippen LogP contribution is 2.27. The minimum atomic E-state index is -0.997. The maximum absolute atomic E-state index is 11.7. The minimum absolute atomic E-state index is 0.0926. The molecule has 5 nitrogen and oxygen atoms in total. The van der Waals surface area contributed by atoms with Gasteiger partial charge in [0.05, 0.1) is 6.54 Å². The zero-order valence-corrected chi connectivity index (χ0v) is 11.1. The molecular formula is C15H18N2O3. The molecule has 1 aliphatic rings. The molecule has 1 fully saturated rings. The van der Waals surface area contributed by atoms with Crippen LogP contribution in [-0.2, 0) is 9.59 Å². The second kappa shape index (κ2) is 6.86. The maximum Gasteiger partial charge on any atom is 0.328 e. The summed E-state index contributed by atoms with van der Waals surface area (Å²) in [7, 11) is 0. The highest BCUT2D eigenvalue weighted by Gasteiger charge is 2.20. The number of carbonyl (C=O) groups excluding carboxylic acids is 1. The number of nitrogens with one attached hydrogen (secondary N) is 2. The van der Waals surface area contributed by atoms with Crippen LogP contribution < -0.4 is 10.6 Å². The van der Waals surface area contributed by atoms with Gasteiger partial charge in [0.2, 0.25) is 5.91 Å². The second-order valence-electron chi connectivity index (χ2n) is 4.92. The Morgan fingerprint density at radius 2 is 2.15 bits per heavy atom. The Bertz CT molecular complexity index is 522. The van der Waals surface area contributed by atoms with Gasteiger partial charge in [-0.05, 0) is 49.1 Å². The van der Waals surface area contributed by atoms with Gasteiger partial charge in [0.25, 0.3) is 0 Å².